The van der Waals surface area contributed by atoms with Crippen LogP contribution in [-0.2, 0) is 4.74 Å². The Kier molecular flexibility index (Phi) is 4.90. The standard InChI is InChI=1S/C10H6FIO3/c11-8-2-4-9(5-3-8)15-10(13)14-7-1-6-12/h2-5H,7H2. The minimum atomic E-state index is -0.860. The normalized spacial score (nSPS) is 8.67. The highest BCUT2D eigenvalue weighted by atomic mass is 127. The van der Waals surface area contributed by atoms with E-state index in [0.717, 1.165) is 0 Å². The second-order valence-corrected chi connectivity index (χ2v) is 2.91. The molecule has 0 N–H and O–H groups in total. The van der Waals surface area contributed by atoms with Crippen LogP contribution in [0.1, 0.15) is 0 Å². The van der Waals surface area contributed by atoms with Crippen LogP contribution in [-0.4, -0.2) is 12.8 Å². The van der Waals surface area contributed by atoms with Crippen molar-refractivity contribution in [1.82, 2.24) is 0 Å². The Balaban J connectivity index is 2.43. The largest absolute Gasteiger partial charge is 0.514 e. The van der Waals surface area contributed by atoms with E-state index in [4.69, 9.17) is 4.74 Å². The Morgan fingerprint density at radius 2 is 2.07 bits per heavy atom. The average Bonchev–Trinajstić information content (AvgIpc) is 2.22. The van der Waals surface area contributed by atoms with Crippen LogP contribution in [0.25, 0.3) is 0 Å². The molecule has 1 aromatic rings. The summed E-state index contributed by atoms with van der Waals surface area (Å²) in [6.45, 7) is -0.0248. The summed E-state index contributed by atoms with van der Waals surface area (Å²) < 4.78 is 24.3. The Hall–Kier alpha value is -1.29. The van der Waals surface area contributed by atoms with Gasteiger partial charge in [-0.15, -0.1) is 0 Å². The van der Waals surface area contributed by atoms with Crippen molar-refractivity contribution in [2.24, 2.45) is 0 Å². The summed E-state index contributed by atoms with van der Waals surface area (Å²) in [6, 6.07) is 5.04. The monoisotopic (exact) mass is 320 g/mol. The minimum absolute atomic E-state index is 0.0248. The number of carbonyl (C=O) groups is 1. The Morgan fingerprint density at radius 1 is 1.40 bits per heavy atom. The summed E-state index contributed by atoms with van der Waals surface area (Å²) in [6.07, 6.45) is -0.860. The number of rotatable bonds is 2. The zero-order valence-corrected chi connectivity index (χ0v) is 9.65. The van der Waals surface area contributed by atoms with Gasteiger partial charge in [0.1, 0.15) is 11.6 Å². The average molecular weight is 320 g/mol. The molecule has 0 atom stereocenters. The second-order valence-electron chi connectivity index (χ2n) is 2.37. The lowest BCUT2D eigenvalue weighted by molar-refractivity contribution is 0.111. The molecule has 0 aliphatic rings. The topological polar surface area (TPSA) is 35.5 Å². The van der Waals surface area contributed by atoms with Crippen molar-refractivity contribution in [2.75, 3.05) is 6.61 Å². The molecule has 0 aliphatic carbocycles. The van der Waals surface area contributed by atoms with Crippen LogP contribution >= 0.6 is 22.6 Å². The van der Waals surface area contributed by atoms with Crippen LogP contribution in [0.3, 0.4) is 0 Å². The Labute approximate surface area is 99.7 Å². The molecule has 0 aromatic heterocycles. The molecule has 1 aromatic carbocycles. The Morgan fingerprint density at radius 3 is 2.67 bits per heavy atom. The van der Waals surface area contributed by atoms with Gasteiger partial charge in [0.25, 0.3) is 0 Å². The summed E-state index contributed by atoms with van der Waals surface area (Å²) >= 11 is 1.83. The number of hydrogen-bond acceptors (Lipinski definition) is 3. The zero-order valence-electron chi connectivity index (χ0n) is 7.50. The maximum Gasteiger partial charge on any atom is 0.514 e. The Bertz CT molecular complexity index is 391. The van der Waals surface area contributed by atoms with Crippen LogP contribution in [0.15, 0.2) is 24.3 Å². The zero-order chi connectivity index (χ0) is 11.1. The third-order valence-electron chi connectivity index (χ3n) is 1.34. The molecule has 0 unspecified atom stereocenters. The fourth-order valence-corrected chi connectivity index (χ4v) is 0.906. The maximum absolute atomic E-state index is 12.5. The van der Waals surface area contributed by atoms with Gasteiger partial charge in [0.15, 0.2) is 6.61 Å². The number of carbonyl (C=O) groups excluding carboxylic acids is 1. The van der Waals surface area contributed by atoms with E-state index in [2.05, 4.69) is 14.6 Å². The summed E-state index contributed by atoms with van der Waals surface area (Å²) in [5, 5.41) is 0. The first kappa shape index (κ1) is 11.8. The summed E-state index contributed by atoms with van der Waals surface area (Å²) in [5.41, 5.74) is 0. The van der Waals surface area contributed by atoms with Crippen molar-refractivity contribution < 1.29 is 18.7 Å². The van der Waals surface area contributed by atoms with E-state index in [1.807, 2.05) is 22.6 Å². The maximum atomic E-state index is 12.5. The lowest BCUT2D eigenvalue weighted by Crippen LogP contribution is -2.10. The fraction of sp³-hybridized carbons (Fsp3) is 0.100. The summed E-state index contributed by atoms with van der Waals surface area (Å²) in [5.74, 6) is 2.36. The van der Waals surface area contributed by atoms with Gasteiger partial charge >= 0.3 is 6.16 Å². The summed E-state index contributed by atoms with van der Waals surface area (Å²) in [7, 11) is 0. The van der Waals surface area contributed by atoms with Crippen LogP contribution in [0.5, 0.6) is 5.75 Å². The van der Waals surface area contributed by atoms with Gasteiger partial charge in [0.05, 0.1) is 0 Å². The van der Waals surface area contributed by atoms with Crippen molar-refractivity contribution in [1.29, 1.82) is 0 Å². The molecule has 0 aliphatic heterocycles. The van der Waals surface area contributed by atoms with E-state index < -0.39 is 12.0 Å². The van der Waals surface area contributed by atoms with Gasteiger partial charge in [-0.1, -0.05) is 5.92 Å². The SMILES string of the molecule is O=C(OCC#CI)Oc1ccc(F)cc1. The van der Waals surface area contributed by atoms with Gasteiger partial charge in [-0.2, -0.15) is 0 Å². The highest BCUT2D eigenvalue weighted by Crippen LogP contribution is 2.11. The number of ether oxygens (including phenoxy) is 2. The first-order chi connectivity index (χ1) is 7.22. The summed E-state index contributed by atoms with van der Waals surface area (Å²) in [4.78, 5) is 11.0. The number of halogens is 2. The molecular weight excluding hydrogens is 314 g/mol. The quantitative estimate of drug-likeness (QED) is 0.364. The molecular formula is C10H6FIO3. The molecule has 15 heavy (non-hydrogen) atoms. The lowest BCUT2D eigenvalue weighted by Gasteiger charge is -2.02. The van der Waals surface area contributed by atoms with Gasteiger partial charge in [0.2, 0.25) is 0 Å². The second kappa shape index (κ2) is 6.24. The van der Waals surface area contributed by atoms with E-state index in [9.17, 15) is 9.18 Å². The molecule has 0 saturated heterocycles. The van der Waals surface area contributed by atoms with E-state index in [1.165, 1.54) is 24.3 Å². The van der Waals surface area contributed by atoms with Gasteiger partial charge in [0, 0.05) is 22.6 Å². The predicted molar refractivity (Wildman–Crippen MR) is 60.2 cm³/mol. The smallest absolute Gasteiger partial charge is 0.421 e. The van der Waals surface area contributed by atoms with E-state index in [-0.39, 0.29) is 12.4 Å². The molecule has 0 amide bonds. The van der Waals surface area contributed by atoms with Crippen molar-refractivity contribution in [3.05, 3.63) is 30.1 Å². The predicted octanol–water partition coefficient (Wildman–Crippen LogP) is 2.74. The van der Waals surface area contributed by atoms with E-state index >= 15 is 0 Å². The highest BCUT2D eigenvalue weighted by molar-refractivity contribution is 14.1. The third-order valence-corrected chi connectivity index (χ3v) is 1.73. The van der Waals surface area contributed by atoms with Crippen LogP contribution in [0.4, 0.5) is 9.18 Å². The van der Waals surface area contributed by atoms with Crippen molar-refractivity contribution in [3.8, 4) is 15.6 Å². The molecule has 0 saturated carbocycles. The first-order valence-corrected chi connectivity index (χ1v) is 4.99. The van der Waals surface area contributed by atoms with Gasteiger partial charge in [-0.3, -0.25) is 0 Å². The highest BCUT2D eigenvalue weighted by Gasteiger charge is 2.04. The molecule has 0 heterocycles. The third kappa shape index (κ3) is 4.65. The lowest BCUT2D eigenvalue weighted by atomic mass is 10.3. The van der Waals surface area contributed by atoms with E-state index in [0.29, 0.717) is 0 Å². The van der Waals surface area contributed by atoms with Crippen molar-refractivity contribution in [2.45, 2.75) is 0 Å². The van der Waals surface area contributed by atoms with Gasteiger partial charge in [-0.05, 0) is 28.2 Å². The molecule has 5 heteroatoms. The van der Waals surface area contributed by atoms with Gasteiger partial charge < -0.3 is 9.47 Å². The van der Waals surface area contributed by atoms with E-state index in [1.54, 1.807) is 0 Å². The van der Waals surface area contributed by atoms with Crippen LogP contribution < -0.4 is 4.74 Å². The van der Waals surface area contributed by atoms with Crippen LogP contribution in [0, 0.1) is 15.7 Å². The van der Waals surface area contributed by atoms with Gasteiger partial charge in [-0.25, -0.2) is 9.18 Å². The molecule has 3 nitrogen and oxygen atoms in total. The first-order valence-electron chi connectivity index (χ1n) is 3.91. The molecule has 0 spiro atoms. The molecule has 0 fully saturated rings. The van der Waals surface area contributed by atoms with Crippen molar-refractivity contribution >= 4 is 28.7 Å². The molecule has 78 valence electrons. The molecule has 0 radical (unpaired) electrons. The molecule has 1 rings (SSSR count). The van der Waals surface area contributed by atoms with Crippen molar-refractivity contribution in [3.63, 3.8) is 0 Å². The minimum Gasteiger partial charge on any atom is -0.421 e. The van der Waals surface area contributed by atoms with Crippen LogP contribution in [0.2, 0.25) is 0 Å². The number of benzene rings is 1. The number of hydrogen-bond donors (Lipinski definition) is 0. The molecule has 0 bridgehead atoms. The fourth-order valence-electron chi connectivity index (χ4n) is 0.751.